The highest BCUT2D eigenvalue weighted by molar-refractivity contribution is 5.80. The zero-order valence-corrected chi connectivity index (χ0v) is 10.9. The molecule has 2 aliphatic heterocycles. The molecule has 3 unspecified atom stereocenters. The van der Waals surface area contributed by atoms with Gasteiger partial charge in [-0.25, -0.2) is 4.39 Å². The van der Waals surface area contributed by atoms with Crippen LogP contribution in [0.1, 0.15) is 24.8 Å². The van der Waals surface area contributed by atoms with Crippen LogP contribution in [-0.2, 0) is 11.2 Å². The van der Waals surface area contributed by atoms with Gasteiger partial charge in [0.2, 0.25) is 5.91 Å². The van der Waals surface area contributed by atoms with Gasteiger partial charge in [-0.1, -0.05) is 18.2 Å². The Balaban J connectivity index is 1.48. The fraction of sp³-hybridized carbons (Fsp3) is 0.533. The van der Waals surface area contributed by atoms with Crippen molar-refractivity contribution in [2.75, 3.05) is 6.54 Å². The summed E-state index contributed by atoms with van der Waals surface area (Å²) < 4.78 is 13.4. The van der Waals surface area contributed by atoms with Crippen molar-refractivity contribution in [3.8, 4) is 0 Å². The van der Waals surface area contributed by atoms with Gasteiger partial charge in [-0.2, -0.15) is 0 Å². The monoisotopic (exact) mass is 262 g/mol. The lowest BCUT2D eigenvalue weighted by molar-refractivity contribution is -0.125. The van der Waals surface area contributed by atoms with Crippen molar-refractivity contribution >= 4 is 5.91 Å². The van der Waals surface area contributed by atoms with Crippen LogP contribution in [-0.4, -0.2) is 24.5 Å². The lowest BCUT2D eigenvalue weighted by Crippen LogP contribution is -2.38. The van der Waals surface area contributed by atoms with Crippen LogP contribution in [0, 0.1) is 11.7 Å². The molecule has 2 bridgehead atoms. The normalized spacial score (nSPS) is 28.6. The largest absolute Gasteiger partial charge is 0.355 e. The van der Waals surface area contributed by atoms with E-state index in [1.165, 1.54) is 12.5 Å². The van der Waals surface area contributed by atoms with Crippen molar-refractivity contribution < 1.29 is 9.18 Å². The van der Waals surface area contributed by atoms with Gasteiger partial charge in [0.1, 0.15) is 5.82 Å². The first-order valence-corrected chi connectivity index (χ1v) is 7.01. The van der Waals surface area contributed by atoms with Crippen molar-refractivity contribution in [2.45, 2.75) is 37.8 Å². The Morgan fingerprint density at radius 2 is 2.21 bits per heavy atom. The number of hydrogen-bond acceptors (Lipinski definition) is 2. The number of amides is 1. The first-order chi connectivity index (χ1) is 9.24. The van der Waals surface area contributed by atoms with Gasteiger partial charge in [0, 0.05) is 18.6 Å². The van der Waals surface area contributed by atoms with E-state index >= 15 is 0 Å². The van der Waals surface area contributed by atoms with Gasteiger partial charge in [-0.3, -0.25) is 4.79 Å². The Bertz CT molecular complexity index is 477. The van der Waals surface area contributed by atoms with Crippen LogP contribution in [0.25, 0.3) is 0 Å². The summed E-state index contributed by atoms with van der Waals surface area (Å²) in [5.74, 6) is 0.0359. The van der Waals surface area contributed by atoms with E-state index in [0.717, 1.165) is 12.8 Å². The van der Waals surface area contributed by atoms with Crippen LogP contribution in [0.4, 0.5) is 4.39 Å². The summed E-state index contributed by atoms with van der Waals surface area (Å²) in [6.07, 6.45) is 3.81. The second-order valence-electron chi connectivity index (χ2n) is 5.52. The maximum Gasteiger partial charge on any atom is 0.224 e. The van der Waals surface area contributed by atoms with Crippen LogP contribution < -0.4 is 10.6 Å². The number of fused-ring (bicyclic) bond motifs is 2. The van der Waals surface area contributed by atoms with Crippen molar-refractivity contribution in [1.29, 1.82) is 0 Å². The molecule has 0 saturated carbocycles. The molecule has 0 aromatic heterocycles. The lowest BCUT2D eigenvalue weighted by atomic mass is 9.88. The molecule has 3 nitrogen and oxygen atoms in total. The number of carbonyl (C=O) groups excluding carboxylic acids is 1. The second kappa shape index (κ2) is 5.29. The number of carbonyl (C=O) groups is 1. The van der Waals surface area contributed by atoms with Crippen LogP contribution in [0.5, 0.6) is 0 Å². The van der Waals surface area contributed by atoms with Crippen molar-refractivity contribution in [2.24, 2.45) is 5.92 Å². The quantitative estimate of drug-likeness (QED) is 0.866. The summed E-state index contributed by atoms with van der Waals surface area (Å²) in [6, 6.07) is 7.61. The molecular formula is C15H19FN2O. The van der Waals surface area contributed by atoms with E-state index in [2.05, 4.69) is 10.6 Å². The minimum absolute atomic E-state index is 0.111. The van der Waals surface area contributed by atoms with Crippen molar-refractivity contribution in [1.82, 2.24) is 10.6 Å². The third-order valence-corrected chi connectivity index (χ3v) is 4.29. The fourth-order valence-electron chi connectivity index (χ4n) is 3.27. The molecule has 2 N–H and O–H groups in total. The molecule has 19 heavy (non-hydrogen) atoms. The summed E-state index contributed by atoms with van der Waals surface area (Å²) in [6.45, 7) is 0.508. The first kappa shape index (κ1) is 12.6. The Kier molecular flexibility index (Phi) is 3.51. The summed E-state index contributed by atoms with van der Waals surface area (Å²) in [5, 5.41) is 6.39. The van der Waals surface area contributed by atoms with E-state index in [1.54, 1.807) is 12.1 Å². The molecule has 2 fully saturated rings. The highest BCUT2D eigenvalue weighted by Gasteiger charge is 2.42. The zero-order valence-electron chi connectivity index (χ0n) is 10.9. The molecule has 1 aromatic carbocycles. The van der Waals surface area contributed by atoms with Crippen molar-refractivity contribution in [3.05, 3.63) is 35.6 Å². The zero-order chi connectivity index (χ0) is 13.2. The highest BCUT2D eigenvalue weighted by atomic mass is 19.1. The van der Waals surface area contributed by atoms with Crippen LogP contribution in [0.3, 0.4) is 0 Å². The molecule has 0 spiro atoms. The smallest absolute Gasteiger partial charge is 0.224 e. The summed E-state index contributed by atoms with van der Waals surface area (Å²) in [5.41, 5.74) is 0.661. The highest BCUT2D eigenvalue weighted by Crippen LogP contribution is 2.33. The number of hydrogen-bond donors (Lipinski definition) is 2. The topological polar surface area (TPSA) is 41.1 Å². The molecule has 3 atom stereocenters. The maximum atomic E-state index is 13.4. The van der Waals surface area contributed by atoms with E-state index in [4.69, 9.17) is 0 Å². The standard InChI is InChI=1S/C15H19FN2O/c16-13-4-2-1-3-10(13)7-8-17-15(19)12-9-11-5-6-14(12)18-11/h1-4,11-12,14,18H,5-9H2,(H,17,19). The van der Waals surface area contributed by atoms with Gasteiger partial charge < -0.3 is 10.6 Å². The van der Waals surface area contributed by atoms with Crippen molar-refractivity contribution in [3.63, 3.8) is 0 Å². The predicted molar refractivity (Wildman–Crippen MR) is 71.2 cm³/mol. The van der Waals surface area contributed by atoms with E-state index < -0.39 is 0 Å². The van der Waals surface area contributed by atoms with Gasteiger partial charge in [0.05, 0.1) is 5.92 Å². The lowest BCUT2D eigenvalue weighted by Gasteiger charge is -2.19. The van der Waals surface area contributed by atoms with E-state index in [9.17, 15) is 9.18 Å². The van der Waals surface area contributed by atoms with Gasteiger partial charge >= 0.3 is 0 Å². The molecule has 2 heterocycles. The van der Waals surface area contributed by atoms with Gasteiger partial charge in [0.25, 0.3) is 0 Å². The summed E-state index contributed by atoms with van der Waals surface area (Å²) in [4.78, 5) is 12.1. The molecular weight excluding hydrogens is 243 g/mol. The molecule has 1 aromatic rings. The Hall–Kier alpha value is -1.42. The number of halogens is 1. The number of rotatable bonds is 4. The Labute approximate surface area is 112 Å². The van der Waals surface area contributed by atoms with Gasteiger partial charge in [0.15, 0.2) is 0 Å². The Morgan fingerprint density at radius 3 is 2.89 bits per heavy atom. The van der Waals surface area contributed by atoms with E-state index in [1.807, 2.05) is 6.07 Å². The Morgan fingerprint density at radius 1 is 1.37 bits per heavy atom. The molecule has 0 radical (unpaired) electrons. The molecule has 3 rings (SSSR count). The minimum Gasteiger partial charge on any atom is -0.355 e. The molecule has 1 amide bonds. The predicted octanol–water partition coefficient (Wildman–Crippen LogP) is 1.62. The average Bonchev–Trinajstić information content (AvgIpc) is 3.03. The first-order valence-electron chi connectivity index (χ1n) is 7.01. The molecule has 102 valence electrons. The minimum atomic E-state index is -0.196. The summed E-state index contributed by atoms with van der Waals surface area (Å²) in [7, 11) is 0. The molecule has 2 aliphatic rings. The van der Waals surface area contributed by atoms with E-state index in [-0.39, 0.29) is 17.6 Å². The third kappa shape index (κ3) is 2.63. The fourth-order valence-corrected chi connectivity index (χ4v) is 3.27. The summed E-state index contributed by atoms with van der Waals surface area (Å²) >= 11 is 0. The maximum absolute atomic E-state index is 13.4. The van der Waals surface area contributed by atoms with Crippen LogP contribution >= 0.6 is 0 Å². The van der Waals surface area contributed by atoms with Crippen LogP contribution in [0.15, 0.2) is 24.3 Å². The molecule has 0 aliphatic carbocycles. The van der Waals surface area contributed by atoms with Gasteiger partial charge in [-0.15, -0.1) is 0 Å². The third-order valence-electron chi connectivity index (χ3n) is 4.29. The SMILES string of the molecule is O=C(NCCc1ccccc1F)C1CC2CCC1N2. The second-order valence-corrected chi connectivity index (χ2v) is 5.52. The van der Waals surface area contributed by atoms with Crippen LogP contribution in [0.2, 0.25) is 0 Å². The average molecular weight is 262 g/mol. The number of benzene rings is 1. The van der Waals surface area contributed by atoms with E-state index in [0.29, 0.717) is 30.6 Å². The molecule has 4 heteroatoms. The molecule has 2 saturated heterocycles. The number of nitrogens with one attached hydrogen (secondary N) is 2. The van der Waals surface area contributed by atoms with Gasteiger partial charge in [-0.05, 0) is 37.3 Å².